The molecule has 36 valence electrons. The molecular weight excluding hydrogens is 160 g/mol. The number of rotatable bonds is 0. The SMILES string of the molecule is C1=COON=C1.[H-].[H-].[K+].[K+]. The van der Waals surface area contributed by atoms with Crippen LogP contribution in [-0.2, 0) is 9.88 Å². The van der Waals surface area contributed by atoms with Crippen LogP contribution in [0.1, 0.15) is 2.85 Å². The molecule has 0 amide bonds. The molecule has 0 fully saturated rings. The molecule has 1 rings (SSSR count). The van der Waals surface area contributed by atoms with Crippen LogP contribution < -0.4 is 103 Å². The van der Waals surface area contributed by atoms with Crippen molar-refractivity contribution in [1.29, 1.82) is 0 Å². The van der Waals surface area contributed by atoms with E-state index in [0.717, 1.165) is 0 Å². The van der Waals surface area contributed by atoms with Gasteiger partial charge in [0.05, 0.1) is 6.21 Å². The van der Waals surface area contributed by atoms with Gasteiger partial charge in [-0.25, -0.2) is 0 Å². The third-order valence-corrected chi connectivity index (χ3v) is 0.367. The van der Waals surface area contributed by atoms with Gasteiger partial charge in [0, 0.05) is 0 Å². The van der Waals surface area contributed by atoms with Crippen molar-refractivity contribution in [3.8, 4) is 0 Å². The van der Waals surface area contributed by atoms with Gasteiger partial charge >= 0.3 is 103 Å². The molecule has 1 aliphatic heterocycles. The fourth-order valence-corrected chi connectivity index (χ4v) is 0.177. The van der Waals surface area contributed by atoms with E-state index in [2.05, 4.69) is 15.0 Å². The van der Waals surface area contributed by atoms with Gasteiger partial charge in [-0.3, -0.25) is 4.89 Å². The third kappa shape index (κ3) is 6.40. The summed E-state index contributed by atoms with van der Waals surface area (Å²) in [7, 11) is 0. The summed E-state index contributed by atoms with van der Waals surface area (Å²) in [5, 5.41) is 3.24. The molecule has 8 heavy (non-hydrogen) atoms. The Balaban J connectivity index is -0.0000000450. The van der Waals surface area contributed by atoms with Gasteiger partial charge in [0.15, 0.2) is 0 Å². The molecule has 3 nitrogen and oxygen atoms in total. The maximum absolute atomic E-state index is 4.19. The first-order valence-electron chi connectivity index (χ1n) is 1.51. The number of hydrogen-bond donors (Lipinski definition) is 0. The fraction of sp³-hybridized carbons (Fsp3) is 0. The van der Waals surface area contributed by atoms with Crippen molar-refractivity contribution in [2.45, 2.75) is 0 Å². The zero-order chi connectivity index (χ0) is 4.24. The van der Waals surface area contributed by atoms with E-state index in [9.17, 15) is 0 Å². The number of oxime groups is 1. The van der Waals surface area contributed by atoms with E-state index in [0.29, 0.717) is 0 Å². The summed E-state index contributed by atoms with van der Waals surface area (Å²) < 4.78 is 0. The zero-order valence-electron chi connectivity index (χ0n) is 7.00. The maximum Gasteiger partial charge on any atom is 1.00 e. The van der Waals surface area contributed by atoms with Gasteiger partial charge in [-0.05, 0) is 11.2 Å². The molecule has 1 heterocycles. The van der Waals surface area contributed by atoms with Crippen LogP contribution in [0.2, 0.25) is 0 Å². The van der Waals surface area contributed by atoms with Crippen LogP contribution in [0.4, 0.5) is 0 Å². The molecule has 0 atom stereocenters. The van der Waals surface area contributed by atoms with Gasteiger partial charge in [-0.15, -0.1) is 0 Å². The van der Waals surface area contributed by atoms with Crippen LogP contribution >= 0.6 is 0 Å². The summed E-state index contributed by atoms with van der Waals surface area (Å²) in [5.74, 6) is 0. The Morgan fingerprint density at radius 3 is 2.25 bits per heavy atom. The second-order valence-electron chi connectivity index (χ2n) is 0.754. The molecule has 0 aromatic rings. The van der Waals surface area contributed by atoms with E-state index in [1.54, 1.807) is 6.08 Å². The maximum atomic E-state index is 4.19. The van der Waals surface area contributed by atoms with E-state index >= 15 is 0 Å². The summed E-state index contributed by atoms with van der Waals surface area (Å²) >= 11 is 0. The van der Waals surface area contributed by atoms with Gasteiger partial charge in [-0.1, -0.05) is 0 Å². The molecule has 0 aliphatic carbocycles. The Labute approximate surface area is 136 Å². The van der Waals surface area contributed by atoms with Crippen molar-refractivity contribution >= 4 is 6.21 Å². The molecule has 0 saturated heterocycles. The van der Waals surface area contributed by atoms with E-state index < -0.39 is 0 Å². The fourth-order valence-electron chi connectivity index (χ4n) is 0.177. The van der Waals surface area contributed by atoms with E-state index in [1.807, 2.05) is 0 Å². The van der Waals surface area contributed by atoms with Gasteiger partial charge in [0.1, 0.15) is 6.26 Å². The van der Waals surface area contributed by atoms with Crippen LogP contribution in [0.15, 0.2) is 17.5 Å². The molecule has 1 aliphatic rings. The van der Waals surface area contributed by atoms with Crippen molar-refractivity contribution in [2.24, 2.45) is 5.16 Å². The monoisotopic (exact) mass is 165 g/mol. The van der Waals surface area contributed by atoms with Gasteiger partial charge in [0.25, 0.3) is 0 Å². The van der Waals surface area contributed by atoms with E-state index in [-0.39, 0.29) is 106 Å². The number of nitrogens with zero attached hydrogens (tertiary/aromatic N) is 1. The molecule has 0 N–H and O–H groups in total. The van der Waals surface area contributed by atoms with Crippen LogP contribution in [0.5, 0.6) is 0 Å². The quantitative estimate of drug-likeness (QED) is 0.265. The molecule has 0 aromatic carbocycles. The van der Waals surface area contributed by atoms with Gasteiger partial charge < -0.3 is 2.85 Å². The normalized spacial score (nSPS) is 12.0. The molecular formula is C3H5K2NO2. The molecule has 0 unspecified atom stereocenters. The summed E-state index contributed by atoms with van der Waals surface area (Å²) in [6.07, 6.45) is 4.51. The molecule has 0 bridgehead atoms. The van der Waals surface area contributed by atoms with Crippen molar-refractivity contribution in [3.63, 3.8) is 0 Å². The van der Waals surface area contributed by atoms with Gasteiger partial charge in [0.2, 0.25) is 0 Å². The first-order valence-corrected chi connectivity index (χ1v) is 1.51. The largest absolute Gasteiger partial charge is 1.00 e. The standard InChI is InChI=1S/C3H3NO2.2K.2H/c1-2-4-6-5-3-1;;;;/h1-3H;;;;/q;2*+1;2*-1. The zero-order valence-corrected chi connectivity index (χ0v) is 11.2. The van der Waals surface area contributed by atoms with Crippen molar-refractivity contribution in [1.82, 2.24) is 0 Å². The molecule has 0 spiro atoms. The van der Waals surface area contributed by atoms with Crippen molar-refractivity contribution in [2.75, 3.05) is 0 Å². The first-order chi connectivity index (χ1) is 3.00. The van der Waals surface area contributed by atoms with Crippen LogP contribution in [-0.4, -0.2) is 6.21 Å². The second-order valence-corrected chi connectivity index (χ2v) is 0.754. The minimum atomic E-state index is 0. The van der Waals surface area contributed by atoms with E-state index in [1.165, 1.54) is 12.5 Å². The smallest absolute Gasteiger partial charge is 1.00 e. The predicted octanol–water partition coefficient (Wildman–Crippen LogP) is -5.32. The number of allylic oxidation sites excluding steroid dienone is 1. The summed E-state index contributed by atoms with van der Waals surface area (Å²) in [6.45, 7) is 0. The third-order valence-electron chi connectivity index (χ3n) is 0.367. The topological polar surface area (TPSA) is 30.8 Å². The molecule has 0 aromatic heterocycles. The number of hydrogen-bond acceptors (Lipinski definition) is 3. The van der Waals surface area contributed by atoms with Crippen molar-refractivity contribution in [3.05, 3.63) is 12.3 Å². The second kappa shape index (κ2) is 9.28. The molecule has 0 radical (unpaired) electrons. The average Bonchev–Trinajstić information content (AvgIpc) is 1.72. The summed E-state index contributed by atoms with van der Waals surface area (Å²) in [6, 6.07) is 0. The predicted molar refractivity (Wildman–Crippen MR) is 22.0 cm³/mol. The van der Waals surface area contributed by atoms with Gasteiger partial charge in [-0.2, -0.15) is 4.99 Å². The summed E-state index contributed by atoms with van der Waals surface area (Å²) in [5.41, 5.74) is 0. The average molecular weight is 165 g/mol. The minimum absolute atomic E-state index is 0. The first kappa shape index (κ1) is 12.9. The molecule has 5 heteroatoms. The van der Waals surface area contributed by atoms with Crippen LogP contribution in [0.25, 0.3) is 0 Å². The Kier molecular flexibility index (Phi) is 15.0. The molecule has 0 saturated carbocycles. The Bertz CT molecular complexity index is 88.5. The Hall–Kier alpha value is 2.28. The minimum Gasteiger partial charge on any atom is -1.00 e. The Morgan fingerprint density at radius 2 is 2.12 bits per heavy atom. The summed E-state index contributed by atoms with van der Waals surface area (Å²) in [4.78, 5) is 8.24. The Morgan fingerprint density at radius 1 is 1.38 bits per heavy atom. The van der Waals surface area contributed by atoms with Crippen molar-refractivity contribution < 1.29 is 115 Å². The van der Waals surface area contributed by atoms with Crippen LogP contribution in [0, 0.1) is 0 Å². The van der Waals surface area contributed by atoms with E-state index in [4.69, 9.17) is 0 Å². The van der Waals surface area contributed by atoms with Crippen LogP contribution in [0.3, 0.4) is 0 Å².